The summed E-state index contributed by atoms with van der Waals surface area (Å²) in [7, 11) is 0. The molecule has 2 amide bonds. The molecule has 0 unspecified atom stereocenters. The summed E-state index contributed by atoms with van der Waals surface area (Å²) in [5.41, 5.74) is 2.30. The smallest absolute Gasteiger partial charge is 0.324 e. The van der Waals surface area contributed by atoms with Gasteiger partial charge in [0.15, 0.2) is 5.11 Å². The summed E-state index contributed by atoms with van der Waals surface area (Å²) in [5.74, 6) is 0. The summed E-state index contributed by atoms with van der Waals surface area (Å²) in [5, 5.41) is 0.634. The largest absolute Gasteiger partial charge is 0.326 e. The Kier molecular flexibility index (Phi) is 4.10. The number of urea groups is 1. The van der Waals surface area contributed by atoms with Gasteiger partial charge in [-0.2, -0.15) is 0 Å². The van der Waals surface area contributed by atoms with Gasteiger partial charge in [-0.25, -0.2) is 4.79 Å². The fourth-order valence-electron chi connectivity index (χ4n) is 2.93. The number of amides is 2. The summed E-state index contributed by atoms with van der Waals surface area (Å²) in [6.45, 7) is 5.26. The van der Waals surface area contributed by atoms with E-state index >= 15 is 0 Å². The highest BCUT2D eigenvalue weighted by Gasteiger charge is 2.33. The molecule has 0 spiro atoms. The predicted octanol–water partition coefficient (Wildman–Crippen LogP) is 3.01. The number of aryl methyl sites for hydroxylation is 1. The molecule has 2 aliphatic heterocycles. The SMILES string of the molecule is Cc1ccc(N2CCN(C(=O)N3CCCCC3)C2=S)cc1. The van der Waals surface area contributed by atoms with Gasteiger partial charge in [-0.15, -0.1) is 0 Å². The van der Waals surface area contributed by atoms with Crippen LogP contribution in [0, 0.1) is 6.92 Å². The third-order valence-corrected chi connectivity index (χ3v) is 4.65. The van der Waals surface area contributed by atoms with Gasteiger partial charge in [0, 0.05) is 31.9 Å². The molecule has 0 radical (unpaired) electrons. The highest BCUT2D eigenvalue weighted by Crippen LogP contribution is 2.22. The molecule has 1 aromatic rings. The zero-order valence-electron chi connectivity index (χ0n) is 12.4. The topological polar surface area (TPSA) is 26.8 Å². The lowest BCUT2D eigenvalue weighted by Crippen LogP contribution is -2.47. The van der Waals surface area contributed by atoms with Gasteiger partial charge in [0.05, 0.1) is 0 Å². The molecule has 1 aromatic carbocycles. The zero-order valence-corrected chi connectivity index (χ0v) is 13.2. The number of carbonyl (C=O) groups excluding carboxylic acids is 1. The Balaban J connectivity index is 1.71. The second-order valence-electron chi connectivity index (χ2n) is 5.75. The standard InChI is InChI=1S/C16H21N3OS/c1-13-5-7-14(8-6-13)18-11-12-19(16(18)21)15(20)17-9-3-2-4-10-17/h5-8H,2-4,9-12H2,1H3. The van der Waals surface area contributed by atoms with Gasteiger partial charge in [0.2, 0.25) is 0 Å². The molecule has 112 valence electrons. The minimum Gasteiger partial charge on any atom is -0.324 e. The first-order valence-electron chi connectivity index (χ1n) is 7.61. The Hall–Kier alpha value is -1.62. The van der Waals surface area contributed by atoms with Gasteiger partial charge in [-0.3, -0.25) is 4.90 Å². The van der Waals surface area contributed by atoms with Crippen LogP contribution in [-0.2, 0) is 0 Å². The van der Waals surface area contributed by atoms with Gasteiger partial charge in [0.25, 0.3) is 0 Å². The molecule has 0 aromatic heterocycles. The maximum Gasteiger partial charge on any atom is 0.326 e. The van der Waals surface area contributed by atoms with E-state index in [1.807, 2.05) is 4.90 Å². The van der Waals surface area contributed by atoms with E-state index in [1.165, 1.54) is 12.0 Å². The zero-order chi connectivity index (χ0) is 14.8. The number of hydrogen-bond donors (Lipinski definition) is 0. The molecule has 5 heteroatoms. The van der Waals surface area contributed by atoms with E-state index in [1.54, 1.807) is 4.90 Å². The molecule has 3 rings (SSSR count). The lowest BCUT2D eigenvalue weighted by molar-refractivity contribution is 0.168. The third kappa shape index (κ3) is 2.88. The molecule has 0 N–H and O–H groups in total. The predicted molar refractivity (Wildman–Crippen MR) is 88.6 cm³/mol. The van der Waals surface area contributed by atoms with Gasteiger partial charge < -0.3 is 9.80 Å². The first-order valence-corrected chi connectivity index (χ1v) is 8.02. The van der Waals surface area contributed by atoms with E-state index in [0.717, 1.165) is 38.2 Å². The van der Waals surface area contributed by atoms with E-state index in [4.69, 9.17) is 12.2 Å². The van der Waals surface area contributed by atoms with Crippen LogP contribution in [0.5, 0.6) is 0 Å². The van der Waals surface area contributed by atoms with Crippen LogP contribution in [0.1, 0.15) is 24.8 Å². The number of piperidine rings is 1. The van der Waals surface area contributed by atoms with Crippen molar-refractivity contribution in [1.29, 1.82) is 0 Å². The lowest BCUT2D eigenvalue weighted by Gasteiger charge is -2.31. The molecule has 0 aliphatic carbocycles. The Bertz CT molecular complexity index is 537. The number of carbonyl (C=O) groups is 1. The molecule has 0 bridgehead atoms. The molecule has 2 aliphatic rings. The van der Waals surface area contributed by atoms with Crippen LogP contribution < -0.4 is 4.90 Å². The van der Waals surface area contributed by atoms with E-state index in [-0.39, 0.29) is 6.03 Å². The van der Waals surface area contributed by atoms with Crippen LogP contribution in [0.3, 0.4) is 0 Å². The van der Waals surface area contributed by atoms with Crippen molar-refractivity contribution in [3.63, 3.8) is 0 Å². The fourth-order valence-corrected chi connectivity index (χ4v) is 3.30. The van der Waals surface area contributed by atoms with Crippen molar-refractivity contribution in [3.8, 4) is 0 Å². The van der Waals surface area contributed by atoms with Crippen molar-refractivity contribution in [1.82, 2.24) is 9.80 Å². The van der Waals surface area contributed by atoms with E-state index in [2.05, 4.69) is 36.1 Å². The average Bonchev–Trinajstić information content (AvgIpc) is 2.90. The number of likely N-dealkylation sites (tertiary alicyclic amines) is 1. The molecule has 0 saturated carbocycles. The molecular weight excluding hydrogens is 282 g/mol. The van der Waals surface area contributed by atoms with Crippen molar-refractivity contribution in [3.05, 3.63) is 29.8 Å². The number of anilines is 1. The van der Waals surface area contributed by atoms with Gasteiger partial charge >= 0.3 is 6.03 Å². The maximum atomic E-state index is 12.6. The van der Waals surface area contributed by atoms with Gasteiger partial charge in [-0.1, -0.05) is 17.7 Å². The Labute approximate surface area is 131 Å². The van der Waals surface area contributed by atoms with Crippen molar-refractivity contribution < 1.29 is 4.79 Å². The fraction of sp³-hybridized carbons (Fsp3) is 0.500. The number of rotatable bonds is 1. The third-order valence-electron chi connectivity index (χ3n) is 4.21. The van der Waals surface area contributed by atoms with Crippen LogP contribution in [-0.4, -0.2) is 47.1 Å². The number of benzene rings is 1. The number of nitrogens with zero attached hydrogens (tertiary/aromatic N) is 3. The quantitative estimate of drug-likeness (QED) is 0.746. The van der Waals surface area contributed by atoms with Crippen LogP contribution in [0.2, 0.25) is 0 Å². The van der Waals surface area contributed by atoms with Crippen LogP contribution >= 0.6 is 12.2 Å². The first kappa shape index (κ1) is 14.3. The highest BCUT2D eigenvalue weighted by atomic mass is 32.1. The highest BCUT2D eigenvalue weighted by molar-refractivity contribution is 7.80. The summed E-state index contributed by atoms with van der Waals surface area (Å²) in [6, 6.07) is 8.36. The number of thiocarbonyl (C=S) groups is 1. The molecule has 21 heavy (non-hydrogen) atoms. The Morgan fingerprint density at radius 1 is 1.00 bits per heavy atom. The summed E-state index contributed by atoms with van der Waals surface area (Å²) in [4.78, 5) is 18.3. The van der Waals surface area contributed by atoms with Crippen LogP contribution in [0.15, 0.2) is 24.3 Å². The average molecular weight is 303 g/mol. The minimum absolute atomic E-state index is 0.0781. The molecule has 2 fully saturated rings. The van der Waals surface area contributed by atoms with Crippen molar-refractivity contribution >= 4 is 29.0 Å². The second kappa shape index (κ2) is 6.02. The van der Waals surface area contributed by atoms with Crippen molar-refractivity contribution in [2.24, 2.45) is 0 Å². The van der Waals surface area contributed by atoms with Gasteiger partial charge in [-0.05, 0) is 50.5 Å². The van der Waals surface area contributed by atoms with E-state index < -0.39 is 0 Å². The second-order valence-corrected chi connectivity index (χ2v) is 6.12. The minimum atomic E-state index is 0.0781. The Morgan fingerprint density at radius 2 is 1.67 bits per heavy atom. The maximum absolute atomic E-state index is 12.6. The van der Waals surface area contributed by atoms with E-state index in [0.29, 0.717) is 11.7 Å². The van der Waals surface area contributed by atoms with Gasteiger partial charge in [0.1, 0.15) is 0 Å². The molecule has 0 atom stereocenters. The van der Waals surface area contributed by atoms with E-state index in [9.17, 15) is 4.79 Å². The normalized spacial score (nSPS) is 19.3. The molecule has 2 saturated heterocycles. The first-order chi connectivity index (χ1) is 10.2. The molecule has 4 nitrogen and oxygen atoms in total. The summed E-state index contributed by atoms with van der Waals surface area (Å²) in [6.07, 6.45) is 3.44. The Morgan fingerprint density at radius 3 is 2.33 bits per heavy atom. The summed E-state index contributed by atoms with van der Waals surface area (Å²) < 4.78 is 0. The van der Waals surface area contributed by atoms with Crippen LogP contribution in [0.4, 0.5) is 10.5 Å². The van der Waals surface area contributed by atoms with Crippen LogP contribution in [0.25, 0.3) is 0 Å². The van der Waals surface area contributed by atoms with Crippen molar-refractivity contribution in [2.45, 2.75) is 26.2 Å². The number of hydrogen-bond acceptors (Lipinski definition) is 2. The molecule has 2 heterocycles. The lowest BCUT2D eigenvalue weighted by atomic mass is 10.1. The molecular formula is C16H21N3OS. The monoisotopic (exact) mass is 303 g/mol. The summed E-state index contributed by atoms with van der Waals surface area (Å²) >= 11 is 5.53. The van der Waals surface area contributed by atoms with Crippen molar-refractivity contribution in [2.75, 3.05) is 31.1 Å².